The topological polar surface area (TPSA) is 80.3 Å². The fraction of sp³-hybridized carbons (Fsp3) is 0.222. The van der Waals surface area contributed by atoms with Crippen LogP contribution >= 0.6 is 0 Å². The number of carboxylic acid groups (broad SMARTS) is 2. The average molecular weight is 506 g/mol. The molecule has 0 aliphatic carbocycles. The van der Waals surface area contributed by atoms with Gasteiger partial charge < -0.3 is 19.8 Å². The first-order valence-electron chi connectivity index (χ1n) is 7.08. The van der Waals surface area contributed by atoms with Gasteiger partial charge in [-0.05, 0) is 35.1 Å². The largest absolute Gasteiger partial charge is 2.00 e. The molecule has 0 amide bonds. The van der Waals surface area contributed by atoms with Crippen LogP contribution in [-0.4, -0.2) is 39.2 Å². The molecule has 0 aromatic heterocycles. The zero-order valence-electron chi connectivity index (χ0n) is 13.2. The van der Waals surface area contributed by atoms with Crippen LogP contribution in [0.3, 0.4) is 0 Å². The number of aromatic carboxylic acids is 2. The Bertz CT molecular complexity index is 561. The molecule has 23 heavy (non-hydrogen) atoms. The van der Waals surface area contributed by atoms with Crippen LogP contribution < -0.4 is 10.2 Å². The summed E-state index contributed by atoms with van der Waals surface area (Å²) in [6.45, 7) is 4.04. The monoisotopic (exact) mass is 506 g/mol. The number of hydrogen-bond acceptors (Lipinski definition) is 4. The Balaban J connectivity index is 0.000000403. The van der Waals surface area contributed by atoms with E-state index in [1.165, 1.54) is 0 Å². The summed E-state index contributed by atoms with van der Waals surface area (Å²) in [6, 6.07) is 13.4. The van der Waals surface area contributed by atoms with E-state index in [0.29, 0.717) is 0 Å². The van der Waals surface area contributed by atoms with Gasteiger partial charge in [-0.3, -0.25) is 0 Å². The van der Waals surface area contributed by atoms with E-state index in [-0.39, 0.29) is 38.4 Å². The quantitative estimate of drug-likeness (QED) is 0.577. The maximum atomic E-state index is 10.3. The molecule has 0 spiro atoms. The van der Waals surface area contributed by atoms with Gasteiger partial charge in [0.1, 0.15) is 0 Å². The van der Waals surface area contributed by atoms with Crippen molar-refractivity contribution in [1.82, 2.24) is 0 Å². The molecule has 0 saturated heterocycles. The van der Waals surface area contributed by atoms with Gasteiger partial charge in [-0.15, -0.1) is 0 Å². The van der Waals surface area contributed by atoms with Gasteiger partial charge in [0.05, 0.1) is 11.9 Å². The van der Waals surface area contributed by atoms with E-state index >= 15 is 0 Å². The zero-order valence-corrected chi connectivity index (χ0v) is 17.1. The molecule has 0 aliphatic rings. The number of carbonyl (C=O) groups excluding carboxylic acids is 2. The minimum absolute atomic E-state index is 0. The maximum Gasteiger partial charge on any atom is 2.00 e. The Kier molecular flexibility index (Phi) is 10.1. The van der Waals surface area contributed by atoms with Crippen LogP contribution in [0.25, 0.3) is 0 Å². The van der Waals surface area contributed by atoms with Gasteiger partial charge in [-0.1, -0.05) is 62.4 Å². The van der Waals surface area contributed by atoms with E-state index in [1.54, 1.807) is 48.5 Å². The Morgan fingerprint density at radius 2 is 0.957 bits per heavy atom. The Morgan fingerprint density at radius 3 is 1.13 bits per heavy atom. The first kappa shape index (κ1) is 21.3. The molecule has 0 bridgehead atoms. The molecule has 0 N–H and O–H groups in total. The van der Waals surface area contributed by atoms with Crippen molar-refractivity contribution in [3.8, 4) is 0 Å². The number of carboxylic acids is 2. The third-order valence-corrected chi connectivity index (χ3v) is 3.20. The molecule has 2 radical (unpaired) electrons. The van der Waals surface area contributed by atoms with Crippen LogP contribution in [0.15, 0.2) is 48.5 Å². The molecule has 0 heterocycles. The molecule has 5 heteroatoms. The summed E-state index contributed by atoms with van der Waals surface area (Å²) in [7, 11) is 0. The van der Waals surface area contributed by atoms with Crippen molar-refractivity contribution in [2.75, 3.05) is 0 Å². The second-order valence-electron chi connectivity index (χ2n) is 4.68. The van der Waals surface area contributed by atoms with Gasteiger partial charge in [-0.25, -0.2) is 0 Å². The molecule has 0 unspecified atom stereocenters. The van der Waals surface area contributed by atoms with Crippen LogP contribution in [0.1, 0.15) is 45.7 Å². The summed E-state index contributed by atoms with van der Waals surface area (Å²) in [4.78, 5) is 20.6. The summed E-state index contributed by atoms with van der Waals surface area (Å²) in [5.41, 5.74) is 2.74. The van der Waals surface area contributed by atoms with E-state index in [4.69, 9.17) is 0 Å². The second-order valence-corrected chi connectivity index (χ2v) is 4.68. The van der Waals surface area contributed by atoms with E-state index in [0.717, 1.165) is 24.0 Å². The third kappa shape index (κ3) is 7.41. The minimum Gasteiger partial charge on any atom is -0.545 e. The van der Waals surface area contributed by atoms with Crippen LogP contribution in [0, 0.1) is 0 Å². The standard InChI is InChI=1S/2C9H10O2.Pb/c2*1-2-7-3-5-8(6-4-7)9(10)11;/h2*3-6H,2H2,1H3,(H,10,11);/q;;+2/p-2. The Hall–Kier alpha value is -1.70. The van der Waals surface area contributed by atoms with E-state index in [9.17, 15) is 19.8 Å². The van der Waals surface area contributed by atoms with Gasteiger partial charge in [-0.2, -0.15) is 0 Å². The smallest absolute Gasteiger partial charge is 0.545 e. The second kappa shape index (κ2) is 10.9. The van der Waals surface area contributed by atoms with Crippen LogP contribution in [0.4, 0.5) is 0 Å². The SMILES string of the molecule is CCc1ccc(C(=O)[O-])cc1.CCc1ccc(C(=O)[O-])cc1.[Pb+2]. The number of benzene rings is 2. The van der Waals surface area contributed by atoms with Crippen molar-refractivity contribution in [3.05, 3.63) is 70.8 Å². The summed E-state index contributed by atoms with van der Waals surface area (Å²) < 4.78 is 0. The molecule has 0 fully saturated rings. The summed E-state index contributed by atoms with van der Waals surface area (Å²) >= 11 is 0. The molecule has 0 saturated carbocycles. The first-order valence-corrected chi connectivity index (χ1v) is 7.08. The van der Waals surface area contributed by atoms with Crippen molar-refractivity contribution in [3.63, 3.8) is 0 Å². The van der Waals surface area contributed by atoms with Gasteiger partial charge in [0.2, 0.25) is 0 Å². The van der Waals surface area contributed by atoms with Crippen LogP contribution in [0.2, 0.25) is 0 Å². The molecule has 0 aliphatic heterocycles. The van der Waals surface area contributed by atoms with Crippen molar-refractivity contribution >= 4 is 39.2 Å². The fourth-order valence-electron chi connectivity index (χ4n) is 1.75. The van der Waals surface area contributed by atoms with E-state index in [1.807, 2.05) is 13.8 Å². The predicted molar refractivity (Wildman–Crippen MR) is 86.1 cm³/mol. The van der Waals surface area contributed by atoms with Crippen molar-refractivity contribution in [2.24, 2.45) is 0 Å². The number of aryl methyl sites for hydroxylation is 2. The minimum atomic E-state index is -1.12. The van der Waals surface area contributed by atoms with Crippen LogP contribution in [-0.2, 0) is 12.8 Å². The first-order chi connectivity index (χ1) is 10.5. The fourth-order valence-corrected chi connectivity index (χ4v) is 1.75. The van der Waals surface area contributed by atoms with Gasteiger partial charge >= 0.3 is 27.3 Å². The van der Waals surface area contributed by atoms with Crippen LogP contribution in [0.5, 0.6) is 0 Å². The summed E-state index contributed by atoms with van der Waals surface area (Å²) in [6.07, 6.45) is 1.85. The molecule has 2 rings (SSSR count). The summed E-state index contributed by atoms with van der Waals surface area (Å²) in [5.74, 6) is -2.24. The zero-order chi connectivity index (χ0) is 16.5. The number of carbonyl (C=O) groups is 2. The number of hydrogen-bond donors (Lipinski definition) is 0. The Morgan fingerprint density at radius 1 is 0.696 bits per heavy atom. The molecule has 0 atom stereocenters. The third-order valence-electron chi connectivity index (χ3n) is 3.20. The normalized spacial score (nSPS) is 9.13. The van der Waals surface area contributed by atoms with Gasteiger partial charge in [0, 0.05) is 0 Å². The molecular weight excluding hydrogens is 487 g/mol. The summed E-state index contributed by atoms with van der Waals surface area (Å²) in [5, 5.41) is 20.6. The number of rotatable bonds is 4. The van der Waals surface area contributed by atoms with E-state index < -0.39 is 11.9 Å². The molecule has 118 valence electrons. The maximum absolute atomic E-state index is 10.3. The molecule has 2 aromatic rings. The van der Waals surface area contributed by atoms with Crippen molar-refractivity contribution in [1.29, 1.82) is 0 Å². The van der Waals surface area contributed by atoms with Crippen molar-refractivity contribution in [2.45, 2.75) is 26.7 Å². The van der Waals surface area contributed by atoms with Gasteiger partial charge in [0.15, 0.2) is 0 Å². The van der Waals surface area contributed by atoms with Gasteiger partial charge in [0.25, 0.3) is 0 Å². The molecular formula is C18H18O4Pb. The average Bonchev–Trinajstić information content (AvgIpc) is 2.55. The van der Waals surface area contributed by atoms with Crippen molar-refractivity contribution < 1.29 is 19.8 Å². The Labute approximate surface area is 156 Å². The van der Waals surface area contributed by atoms with E-state index in [2.05, 4.69) is 0 Å². The molecule has 2 aromatic carbocycles. The predicted octanol–water partition coefficient (Wildman–Crippen LogP) is 0.844. The molecule has 4 nitrogen and oxygen atoms in total.